The van der Waals surface area contributed by atoms with Crippen LogP contribution in [0.1, 0.15) is 6.42 Å². The van der Waals surface area contributed by atoms with Crippen LogP contribution in [0.2, 0.25) is 0 Å². The van der Waals surface area contributed by atoms with Gasteiger partial charge in [-0.15, -0.1) is 0 Å². The Morgan fingerprint density at radius 2 is 2.10 bits per heavy atom. The Morgan fingerprint density at radius 3 is 2.70 bits per heavy atom. The molecule has 0 bridgehead atoms. The van der Waals surface area contributed by atoms with Crippen LogP contribution in [-0.4, -0.2) is 49.7 Å². The maximum atomic E-state index is 12.2. The van der Waals surface area contributed by atoms with Crippen LogP contribution in [0.25, 0.3) is 0 Å². The van der Waals surface area contributed by atoms with Crippen LogP contribution in [0.15, 0.2) is 24.3 Å². The maximum absolute atomic E-state index is 12.2. The summed E-state index contributed by atoms with van der Waals surface area (Å²) < 4.78 is 31.3. The second kappa shape index (κ2) is 6.69. The molecule has 1 saturated heterocycles. The summed E-state index contributed by atoms with van der Waals surface area (Å²) in [7, 11) is -1.59. The molecule has 1 heterocycles. The summed E-state index contributed by atoms with van der Waals surface area (Å²) in [5.41, 5.74) is 6.23. The maximum Gasteiger partial charge on any atom is 0.217 e. The van der Waals surface area contributed by atoms with Gasteiger partial charge in [-0.2, -0.15) is 11.8 Å². The van der Waals surface area contributed by atoms with Crippen LogP contribution >= 0.6 is 11.8 Å². The minimum absolute atomic E-state index is 0.00492. The molecule has 0 amide bonds. The van der Waals surface area contributed by atoms with Gasteiger partial charge in [0.05, 0.1) is 5.75 Å². The molecule has 0 aliphatic carbocycles. The number of benzene rings is 1. The zero-order valence-electron chi connectivity index (χ0n) is 11.5. The Kier molecular flexibility index (Phi) is 5.17. The van der Waals surface area contributed by atoms with Crippen LogP contribution < -0.4 is 10.5 Å². The molecule has 0 spiro atoms. The molecule has 5 nitrogen and oxygen atoms in total. The van der Waals surface area contributed by atoms with E-state index < -0.39 is 10.0 Å². The van der Waals surface area contributed by atoms with Crippen LogP contribution in [-0.2, 0) is 10.0 Å². The molecular formula is C13H20N2O3S2. The van der Waals surface area contributed by atoms with E-state index in [1.54, 1.807) is 43.1 Å². The van der Waals surface area contributed by atoms with Crippen molar-refractivity contribution in [3.8, 4) is 5.75 Å². The van der Waals surface area contributed by atoms with Gasteiger partial charge in [-0.1, -0.05) is 0 Å². The first-order valence-corrected chi connectivity index (χ1v) is 9.27. The first kappa shape index (κ1) is 15.5. The SMILES string of the molecule is CN(C1CCSC1)S(=O)(=O)CCOc1ccc(N)cc1. The predicted molar refractivity (Wildman–Crippen MR) is 83.6 cm³/mol. The number of nitrogen functional groups attached to an aromatic ring is 1. The predicted octanol–water partition coefficient (Wildman–Crippen LogP) is 1.41. The Hall–Kier alpha value is -0.920. The highest BCUT2D eigenvalue weighted by molar-refractivity contribution is 7.99. The second-order valence-corrected chi connectivity index (χ2v) is 8.07. The van der Waals surface area contributed by atoms with Gasteiger partial charge < -0.3 is 10.5 Å². The highest BCUT2D eigenvalue weighted by Crippen LogP contribution is 2.23. The fourth-order valence-corrected chi connectivity index (χ4v) is 4.59. The topological polar surface area (TPSA) is 72.6 Å². The lowest BCUT2D eigenvalue weighted by Gasteiger charge is -2.23. The van der Waals surface area contributed by atoms with E-state index in [4.69, 9.17) is 10.5 Å². The van der Waals surface area contributed by atoms with E-state index >= 15 is 0 Å². The Labute approximate surface area is 124 Å². The molecule has 1 fully saturated rings. The minimum atomic E-state index is -3.25. The van der Waals surface area contributed by atoms with Crippen molar-refractivity contribution in [1.29, 1.82) is 0 Å². The molecule has 1 aromatic rings. The fourth-order valence-electron chi connectivity index (χ4n) is 2.01. The number of nitrogens with zero attached hydrogens (tertiary/aromatic N) is 1. The summed E-state index contributed by atoms with van der Waals surface area (Å²) in [5, 5.41) is 0. The van der Waals surface area contributed by atoms with E-state index in [0.29, 0.717) is 11.4 Å². The zero-order chi connectivity index (χ0) is 14.6. The molecule has 112 valence electrons. The van der Waals surface area contributed by atoms with Gasteiger partial charge in [0.1, 0.15) is 12.4 Å². The van der Waals surface area contributed by atoms with E-state index in [2.05, 4.69) is 0 Å². The van der Waals surface area contributed by atoms with Gasteiger partial charge in [0.15, 0.2) is 0 Å². The smallest absolute Gasteiger partial charge is 0.217 e. The van der Waals surface area contributed by atoms with Gasteiger partial charge in [-0.05, 0) is 36.4 Å². The molecule has 0 saturated carbocycles. The molecule has 1 aliphatic rings. The number of thioether (sulfide) groups is 1. The van der Waals surface area contributed by atoms with Crippen LogP contribution in [0.3, 0.4) is 0 Å². The Bertz CT molecular complexity index is 525. The lowest BCUT2D eigenvalue weighted by molar-refractivity contribution is 0.332. The van der Waals surface area contributed by atoms with Gasteiger partial charge >= 0.3 is 0 Å². The molecule has 1 atom stereocenters. The summed E-state index contributed by atoms with van der Waals surface area (Å²) in [6, 6.07) is 7.05. The van der Waals surface area contributed by atoms with Gasteiger partial charge in [0.25, 0.3) is 0 Å². The quantitative estimate of drug-likeness (QED) is 0.804. The van der Waals surface area contributed by atoms with Crippen molar-refractivity contribution in [2.45, 2.75) is 12.5 Å². The van der Waals surface area contributed by atoms with E-state index in [9.17, 15) is 8.42 Å². The molecule has 20 heavy (non-hydrogen) atoms. The normalized spacial score (nSPS) is 19.4. The number of anilines is 1. The molecule has 1 aromatic carbocycles. The van der Waals surface area contributed by atoms with Gasteiger partial charge in [0, 0.05) is 24.5 Å². The van der Waals surface area contributed by atoms with Crippen molar-refractivity contribution in [3.63, 3.8) is 0 Å². The number of rotatable bonds is 6. The molecule has 2 N–H and O–H groups in total. The van der Waals surface area contributed by atoms with Gasteiger partial charge in [-0.25, -0.2) is 12.7 Å². The highest BCUT2D eigenvalue weighted by atomic mass is 32.2. The van der Waals surface area contributed by atoms with Crippen LogP contribution in [0.5, 0.6) is 5.75 Å². The summed E-state index contributed by atoms with van der Waals surface area (Å²) >= 11 is 1.80. The largest absolute Gasteiger partial charge is 0.492 e. The molecule has 7 heteroatoms. The lowest BCUT2D eigenvalue weighted by Crippen LogP contribution is -2.39. The van der Waals surface area contributed by atoms with E-state index in [-0.39, 0.29) is 18.4 Å². The van der Waals surface area contributed by atoms with E-state index in [0.717, 1.165) is 17.9 Å². The van der Waals surface area contributed by atoms with Crippen molar-refractivity contribution < 1.29 is 13.2 Å². The van der Waals surface area contributed by atoms with Crippen molar-refractivity contribution in [2.24, 2.45) is 0 Å². The minimum Gasteiger partial charge on any atom is -0.492 e. The molecule has 0 aromatic heterocycles. The first-order valence-electron chi connectivity index (χ1n) is 6.51. The zero-order valence-corrected chi connectivity index (χ0v) is 13.1. The average molecular weight is 316 g/mol. The fraction of sp³-hybridized carbons (Fsp3) is 0.538. The molecular weight excluding hydrogens is 296 g/mol. The third-order valence-electron chi connectivity index (χ3n) is 3.35. The Morgan fingerprint density at radius 1 is 1.40 bits per heavy atom. The number of hydrogen-bond acceptors (Lipinski definition) is 5. The van der Waals surface area contributed by atoms with Crippen LogP contribution in [0.4, 0.5) is 5.69 Å². The van der Waals surface area contributed by atoms with Crippen molar-refractivity contribution in [2.75, 3.05) is 36.6 Å². The molecule has 2 rings (SSSR count). The summed E-state index contributed by atoms with van der Waals surface area (Å²) in [4.78, 5) is 0. The lowest BCUT2D eigenvalue weighted by atomic mass is 10.3. The van der Waals surface area contributed by atoms with E-state index in [1.165, 1.54) is 4.31 Å². The van der Waals surface area contributed by atoms with Gasteiger partial charge in [0.2, 0.25) is 10.0 Å². The highest BCUT2D eigenvalue weighted by Gasteiger charge is 2.28. The summed E-state index contributed by atoms with van der Waals surface area (Å²) in [5.74, 6) is 2.55. The monoisotopic (exact) mass is 316 g/mol. The van der Waals surface area contributed by atoms with Crippen molar-refractivity contribution in [1.82, 2.24) is 4.31 Å². The summed E-state index contributed by atoms with van der Waals surface area (Å²) in [6.07, 6.45) is 0.930. The van der Waals surface area contributed by atoms with Crippen LogP contribution in [0, 0.1) is 0 Å². The Balaban J connectivity index is 1.84. The summed E-state index contributed by atoms with van der Waals surface area (Å²) in [6.45, 7) is 0.149. The molecule has 1 unspecified atom stereocenters. The standard InChI is InChI=1S/C13H20N2O3S2/c1-15(12-6-8-19-10-12)20(16,17)9-7-18-13-4-2-11(14)3-5-13/h2-5,12H,6-10,14H2,1H3. The first-order chi connectivity index (χ1) is 9.49. The number of hydrogen-bond donors (Lipinski definition) is 1. The number of sulfonamides is 1. The molecule has 0 radical (unpaired) electrons. The third kappa shape index (κ3) is 4.04. The second-order valence-electron chi connectivity index (χ2n) is 4.77. The average Bonchev–Trinajstić information content (AvgIpc) is 2.94. The van der Waals surface area contributed by atoms with Crippen molar-refractivity contribution in [3.05, 3.63) is 24.3 Å². The van der Waals surface area contributed by atoms with Gasteiger partial charge in [-0.3, -0.25) is 0 Å². The molecule has 1 aliphatic heterocycles. The van der Waals surface area contributed by atoms with E-state index in [1.807, 2.05) is 0 Å². The van der Waals surface area contributed by atoms with Crippen molar-refractivity contribution >= 4 is 27.5 Å². The third-order valence-corrected chi connectivity index (χ3v) is 6.35. The number of nitrogens with two attached hydrogens (primary N) is 1. The number of ether oxygens (including phenoxy) is 1.